The van der Waals surface area contributed by atoms with Crippen LogP contribution in [-0.4, -0.2) is 62.1 Å². The van der Waals surface area contributed by atoms with E-state index in [0.717, 1.165) is 66.5 Å². The molecule has 3 fully saturated rings. The molecule has 0 unspecified atom stereocenters. The molecule has 3 aromatic carbocycles. The summed E-state index contributed by atoms with van der Waals surface area (Å²) in [7, 11) is 3.22. The van der Waals surface area contributed by atoms with Gasteiger partial charge in [0, 0.05) is 6.54 Å². The average molecular weight is 592 g/mol. The van der Waals surface area contributed by atoms with Crippen LogP contribution in [0, 0.1) is 5.41 Å². The van der Waals surface area contributed by atoms with Gasteiger partial charge < -0.3 is 23.8 Å². The Kier molecular flexibility index (Phi) is 7.98. The van der Waals surface area contributed by atoms with Gasteiger partial charge in [-0.3, -0.25) is 9.59 Å². The number of amides is 2. The van der Waals surface area contributed by atoms with Gasteiger partial charge in [0.05, 0.1) is 25.3 Å². The molecule has 0 aromatic heterocycles. The Hall–Kier alpha value is -3.79. The summed E-state index contributed by atoms with van der Waals surface area (Å²) in [6, 6.07) is 16.5. The molecular weight excluding hydrogens is 558 g/mol. The second kappa shape index (κ2) is 11.8. The first-order valence-electron chi connectivity index (χ1n) is 14.1. The standard InChI is InChI=1S/C32H34ClN3O6/c1-39-23-7-3-21(4-8-23)18-41-26-17-25-27(28(33)29(26)42-19-22-5-9-24(40-2)10-6-22)31(38)36(30(25)37)34-20-32-11-14-35(15-12-32)16-13-32/h3-10,17,34H,11-16,18-20H2,1-2H3. The lowest BCUT2D eigenvalue weighted by molar-refractivity contribution is 0.0114. The van der Waals surface area contributed by atoms with Crippen molar-refractivity contribution in [2.45, 2.75) is 32.5 Å². The molecule has 220 valence electrons. The highest BCUT2D eigenvalue weighted by molar-refractivity contribution is 6.38. The number of carbonyl (C=O) groups is 2. The van der Waals surface area contributed by atoms with Crippen molar-refractivity contribution in [3.63, 3.8) is 0 Å². The summed E-state index contributed by atoms with van der Waals surface area (Å²) < 4.78 is 22.8. The van der Waals surface area contributed by atoms with E-state index in [0.29, 0.717) is 6.54 Å². The van der Waals surface area contributed by atoms with Gasteiger partial charge in [0.1, 0.15) is 29.7 Å². The first-order valence-corrected chi connectivity index (χ1v) is 14.5. The van der Waals surface area contributed by atoms with Crippen LogP contribution in [0.1, 0.15) is 51.1 Å². The van der Waals surface area contributed by atoms with Crippen molar-refractivity contribution >= 4 is 23.4 Å². The van der Waals surface area contributed by atoms with Crippen molar-refractivity contribution in [2.75, 3.05) is 40.4 Å². The zero-order valence-corrected chi connectivity index (χ0v) is 24.5. The smallest absolute Gasteiger partial charge is 0.277 e. The molecule has 2 amide bonds. The second-order valence-electron chi connectivity index (χ2n) is 11.1. The molecule has 0 aliphatic carbocycles. The van der Waals surface area contributed by atoms with Crippen LogP contribution >= 0.6 is 11.6 Å². The molecule has 9 nitrogen and oxygen atoms in total. The molecule has 4 heterocycles. The lowest BCUT2D eigenvalue weighted by atomic mass is 9.72. The Labute approximate surface area is 250 Å². The fourth-order valence-corrected chi connectivity index (χ4v) is 6.19. The Bertz CT molecular complexity index is 1460. The van der Waals surface area contributed by atoms with Gasteiger partial charge in [-0.15, -0.1) is 0 Å². The quantitative estimate of drug-likeness (QED) is 0.308. The summed E-state index contributed by atoms with van der Waals surface area (Å²) in [6.07, 6.45) is 3.16. The molecule has 10 heteroatoms. The van der Waals surface area contributed by atoms with E-state index in [1.807, 2.05) is 48.5 Å². The van der Waals surface area contributed by atoms with Gasteiger partial charge in [-0.05, 0) is 85.8 Å². The number of benzene rings is 3. The molecule has 7 rings (SSSR count). The minimum atomic E-state index is -0.486. The molecule has 0 saturated carbocycles. The highest BCUT2D eigenvalue weighted by Gasteiger charge is 2.44. The number of nitrogens with zero attached hydrogens (tertiary/aromatic N) is 2. The number of piperidine rings is 3. The summed E-state index contributed by atoms with van der Waals surface area (Å²) in [5.41, 5.74) is 5.33. The third kappa shape index (κ3) is 5.52. The molecule has 0 spiro atoms. The van der Waals surface area contributed by atoms with Gasteiger partial charge in [-0.25, -0.2) is 10.4 Å². The zero-order valence-electron chi connectivity index (χ0n) is 23.8. The van der Waals surface area contributed by atoms with Crippen molar-refractivity contribution < 1.29 is 28.5 Å². The van der Waals surface area contributed by atoms with Crippen LogP contribution in [0.3, 0.4) is 0 Å². The van der Waals surface area contributed by atoms with Crippen LogP contribution in [0.2, 0.25) is 5.02 Å². The number of rotatable bonds is 11. The van der Waals surface area contributed by atoms with Crippen LogP contribution in [0.25, 0.3) is 0 Å². The molecule has 4 aliphatic rings. The van der Waals surface area contributed by atoms with Crippen molar-refractivity contribution in [1.29, 1.82) is 0 Å². The number of hydrazine groups is 1. The van der Waals surface area contributed by atoms with E-state index in [1.54, 1.807) is 20.3 Å². The number of methoxy groups -OCH3 is 2. The fourth-order valence-electron chi connectivity index (χ4n) is 5.86. The summed E-state index contributed by atoms with van der Waals surface area (Å²) in [5.74, 6) is 1.02. The monoisotopic (exact) mass is 591 g/mol. The summed E-state index contributed by atoms with van der Waals surface area (Å²) in [4.78, 5) is 29.6. The first-order chi connectivity index (χ1) is 20.4. The van der Waals surface area contributed by atoms with E-state index in [1.165, 1.54) is 0 Å². The van der Waals surface area contributed by atoms with E-state index in [4.69, 9.17) is 30.5 Å². The molecular formula is C32H34ClN3O6. The maximum Gasteiger partial charge on any atom is 0.277 e. The minimum absolute atomic E-state index is 0.0533. The van der Waals surface area contributed by atoms with Crippen LogP contribution in [0.4, 0.5) is 0 Å². The molecule has 2 bridgehead atoms. The number of carbonyl (C=O) groups excluding carboxylic acids is 2. The van der Waals surface area contributed by atoms with Crippen LogP contribution in [0.15, 0.2) is 54.6 Å². The summed E-state index contributed by atoms with van der Waals surface area (Å²) in [5, 5.41) is 1.16. The van der Waals surface area contributed by atoms with E-state index < -0.39 is 11.8 Å². The maximum absolute atomic E-state index is 13.6. The van der Waals surface area contributed by atoms with Crippen LogP contribution in [0.5, 0.6) is 23.0 Å². The Morgan fingerprint density at radius 1 is 0.810 bits per heavy atom. The zero-order chi connectivity index (χ0) is 29.3. The van der Waals surface area contributed by atoms with Crippen molar-refractivity contribution in [2.24, 2.45) is 5.41 Å². The third-order valence-electron chi connectivity index (χ3n) is 8.62. The lowest BCUT2D eigenvalue weighted by Crippen LogP contribution is -2.55. The molecule has 3 saturated heterocycles. The number of halogens is 1. The molecule has 0 radical (unpaired) electrons. The number of imide groups is 1. The minimum Gasteiger partial charge on any atom is -0.497 e. The Balaban J connectivity index is 1.26. The van der Waals surface area contributed by atoms with Gasteiger partial charge in [0.2, 0.25) is 0 Å². The van der Waals surface area contributed by atoms with Gasteiger partial charge >= 0.3 is 0 Å². The van der Waals surface area contributed by atoms with Crippen LogP contribution < -0.4 is 24.4 Å². The van der Waals surface area contributed by atoms with Gasteiger partial charge in [0.25, 0.3) is 11.8 Å². The molecule has 42 heavy (non-hydrogen) atoms. The highest BCUT2D eigenvalue weighted by atomic mass is 35.5. The van der Waals surface area contributed by atoms with E-state index in [2.05, 4.69) is 10.3 Å². The topological polar surface area (TPSA) is 89.6 Å². The predicted octanol–water partition coefficient (Wildman–Crippen LogP) is 5.10. The molecule has 1 N–H and O–H groups in total. The summed E-state index contributed by atoms with van der Waals surface area (Å²) in [6.45, 7) is 4.09. The van der Waals surface area contributed by atoms with Gasteiger partial charge in [0.15, 0.2) is 11.5 Å². The Morgan fingerprint density at radius 3 is 1.90 bits per heavy atom. The number of ether oxygens (including phenoxy) is 4. The van der Waals surface area contributed by atoms with E-state index in [-0.39, 0.29) is 46.3 Å². The lowest BCUT2D eigenvalue weighted by Gasteiger charge is -2.48. The molecule has 3 aromatic rings. The highest BCUT2D eigenvalue weighted by Crippen LogP contribution is 2.44. The van der Waals surface area contributed by atoms with Crippen molar-refractivity contribution in [3.05, 3.63) is 81.9 Å². The number of nitrogens with one attached hydrogen (secondary N) is 1. The van der Waals surface area contributed by atoms with Gasteiger partial charge in [-0.1, -0.05) is 35.9 Å². The SMILES string of the molecule is COc1ccc(COc2cc3c(c(Cl)c2OCc2ccc(OC)cc2)C(=O)N(NCC24CCN(CC2)CC4)C3=O)cc1. The van der Waals surface area contributed by atoms with Crippen molar-refractivity contribution in [1.82, 2.24) is 15.3 Å². The largest absolute Gasteiger partial charge is 0.497 e. The van der Waals surface area contributed by atoms with E-state index in [9.17, 15) is 9.59 Å². The average Bonchev–Trinajstić information content (AvgIpc) is 3.28. The normalized spacial score (nSPS) is 20.9. The Morgan fingerprint density at radius 2 is 1.36 bits per heavy atom. The molecule has 4 aliphatic heterocycles. The number of hydrogen-bond donors (Lipinski definition) is 1. The third-order valence-corrected chi connectivity index (χ3v) is 8.98. The maximum atomic E-state index is 13.6. The summed E-state index contributed by atoms with van der Waals surface area (Å²) >= 11 is 6.86. The number of hydrogen-bond acceptors (Lipinski definition) is 8. The molecule has 0 atom stereocenters. The van der Waals surface area contributed by atoms with Gasteiger partial charge in [-0.2, -0.15) is 0 Å². The number of fused-ring (bicyclic) bond motifs is 4. The fraction of sp³-hybridized carbons (Fsp3) is 0.375. The first kappa shape index (κ1) is 28.3. The van der Waals surface area contributed by atoms with E-state index >= 15 is 0 Å². The van der Waals surface area contributed by atoms with Crippen molar-refractivity contribution in [3.8, 4) is 23.0 Å². The predicted molar refractivity (Wildman–Crippen MR) is 157 cm³/mol. The van der Waals surface area contributed by atoms with Crippen LogP contribution in [-0.2, 0) is 13.2 Å². The second-order valence-corrected chi connectivity index (χ2v) is 11.5.